The number of carbonyl (C=O) groups is 1. The van der Waals surface area contributed by atoms with E-state index in [4.69, 9.17) is 4.74 Å². The van der Waals surface area contributed by atoms with Crippen molar-refractivity contribution in [1.82, 2.24) is 15.1 Å². The molecule has 0 fully saturated rings. The van der Waals surface area contributed by atoms with Crippen molar-refractivity contribution in [2.45, 2.75) is 12.7 Å². The molecule has 1 N–H and O–H groups in total. The van der Waals surface area contributed by atoms with Crippen LogP contribution in [0.5, 0.6) is 5.75 Å². The molecule has 37 heavy (non-hydrogen) atoms. The summed E-state index contributed by atoms with van der Waals surface area (Å²) in [6.45, 7) is -0.172. The van der Waals surface area contributed by atoms with Crippen LogP contribution in [0.4, 0.5) is 23.2 Å². The molecule has 0 radical (unpaired) electrons. The van der Waals surface area contributed by atoms with Crippen LogP contribution in [0.15, 0.2) is 72.9 Å². The third-order valence-electron chi connectivity index (χ3n) is 5.50. The van der Waals surface area contributed by atoms with Gasteiger partial charge in [-0.2, -0.15) is 18.3 Å². The number of rotatable bonds is 7. The summed E-state index contributed by atoms with van der Waals surface area (Å²) >= 11 is 0. The first-order valence-electron chi connectivity index (χ1n) is 10.7. The van der Waals surface area contributed by atoms with Gasteiger partial charge in [-0.1, -0.05) is 24.3 Å². The van der Waals surface area contributed by atoms with Gasteiger partial charge >= 0.3 is 6.18 Å². The number of amides is 1. The predicted molar refractivity (Wildman–Crippen MR) is 125 cm³/mol. The van der Waals surface area contributed by atoms with Crippen LogP contribution < -0.4 is 10.1 Å². The molecule has 0 saturated heterocycles. The quantitative estimate of drug-likeness (QED) is 0.198. The van der Waals surface area contributed by atoms with Gasteiger partial charge in [-0.15, -0.1) is 0 Å². The lowest BCUT2D eigenvalue weighted by molar-refractivity contribution is -0.384. The van der Waals surface area contributed by atoms with Crippen LogP contribution in [0, 0.1) is 15.9 Å². The fraction of sp³-hybridized carbons (Fsp3) is 0.120. The minimum Gasteiger partial charge on any atom is -0.496 e. The van der Waals surface area contributed by atoms with Gasteiger partial charge in [0.2, 0.25) is 0 Å². The molecule has 0 saturated carbocycles. The third-order valence-corrected chi connectivity index (χ3v) is 5.50. The van der Waals surface area contributed by atoms with E-state index >= 15 is 0 Å². The van der Waals surface area contributed by atoms with E-state index in [0.29, 0.717) is 27.1 Å². The highest BCUT2D eigenvalue weighted by atomic mass is 19.4. The first-order valence-corrected chi connectivity index (χ1v) is 10.7. The molecular formula is C25H18F4N4O4. The highest BCUT2D eigenvalue weighted by molar-refractivity contribution is 5.95. The Hall–Kier alpha value is -4.74. The number of methoxy groups -OCH3 is 1. The zero-order chi connectivity index (χ0) is 26.7. The molecule has 8 nitrogen and oxygen atoms in total. The van der Waals surface area contributed by atoms with Gasteiger partial charge in [0.15, 0.2) is 5.69 Å². The number of halogens is 4. The Kier molecular flexibility index (Phi) is 6.92. The van der Waals surface area contributed by atoms with Gasteiger partial charge < -0.3 is 10.1 Å². The SMILES string of the molecule is COc1ccc(F)cc1-c1ccccc1CNC(=O)c1cnn(-c2ccc([N+](=O)[O-])cc2)c1C(F)(F)F. The van der Waals surface area contributed by atoms with Crippen molar-refractivity contribution >= 4 is 11.6 Å². The van der Waals surface area contributed by atoms with E-state index < -0.39 is 34.1 Å². The summed E-state index contributed by atoms with van der Waals surface area (Å²) < 4.78 is 61.6. The van der Waals surface area contributed by atoms with Gasteiger partial charge in [-0.25, -0.2) is 9.07 Å². The second-order valence-electron chi connectivity index (χ2n) is 7.77. The van der Waals surface area contributed by atoms with E-state index in [1.54, 1.807) is 24.3 Å². The standard InChI is InChI=1S/C25H18F4N4O4/c1-37-22-11-6-16(26)12-20(22)19-5-3-2-4-15(19)13-30-24(34)21-14-31-32(23(21)25(27,28)29)17-7-9-18(10-8-17)33(35)36/h2-12,14H,13H2,1H3,(H,30,34). The molecule has 190 valence electrons. The van der Waals surface area contributed by atoms with E-state index in [1.165, 1.54) is 25.3 Å². The minimum atomic E-state index is -4.96. The Balaban J connectivity index is 1.64. The number of nitro benzene ring substituents is 1. The summed E-state index contributed by atoms with van der Waals surface area (Å²) in [5.74, 6) is -1.17. The molecular weight excluding hydrogens is 496 g/mol. The Bertz CT molecular complexity index is 1470. The van der Waals surface area contributed by atoms with E-state index in [1.807, 2.05) is 0 Å². The largest absolute Gasteiger partial charge is 0.496 e. The Morgan fingerprint density at radius 2 is 1.78 bits per heavy atom. The molecule has 1 amide bonds. The smallest absolute Gasteiger partial charge is 0.434 e. The second kappa shape index (κ2) is 10.1. The molecule has 0 bridgehead atoms. The van der Waals surface area contributed by atoms with Gasteiger partial charge in [0, 0.05) is 24.2 Å². The molecule has 3 aromatic carbocycles. The van der Waals surface area contributed by atoms with Crippen LogP contribution in [0.1, 0.15) is 21.6 Å². The second-order valence-corrected chi connectivity index (χ2v) is 7.77. The minimum absolute atomic E-state index is 0.111. The number of non-ortho nitro benzene ring substituents is 1. The van der Waals surface area contributed by atoms with Crippen LogP contribution in [-0.4, -0.2) is 27.7 Å². The number of alkyl halides is 3. The zero-order valence-corrected chi connectivity index (χ0v) is 19.1. The molecule has 0 atom stereocenters. The van der Waals surface area contributed by atoms with Gasteiger partial charge in [0.05, 0.1) is 29.5 Å². The average Bonchev–Trinajstić information content (AvgIpc) is 3.34. The van der Waals surface area contributed by atoms with Gasteiger partial charge in [0.25, 0.3) is 11.6 Å². The molecule has 4 rings (SSSR count). The fourth-order valence-corrected chi connectivity index (χ4v) is 3.80. The van der Waals surface area contributed by atoms with Crippen molar-refractivity contribution in [2.24, 2.45) is 0 Å². The topological polar surface area (TPSA) is 99.3 Å². The van der Waals surface area contributed by atoms with Gasteiger partial charge in [0.1, 0.15) is 11.6 Å². The van der Waals surface area contributed by atoms with Crippen LogP contribution >= 0.6 is 0 Å². The maximum Gasteiger partial charge on any atom is 0.434 e. The molecule has 12 heteroatoms. The normalized spacial score (nSPS) is 11.3. The number of aromatic nitrogens is 2. The monoisotopic (exact) mass is 514 g/mol. The predicted octanol–water partition coefficient (Wildman–Crippen LogP) is 5.54. The first-order chi connectivity index (χ1) is 17.6. The lowest BCUT2D eigenvalue weighted by atomic mass is 9.98. The Morgan fingerprint density at radius 1 is 1.08 bits per heavy atom. The van der Waals surface area contributed by atoms with Crippen LogP contribution in [0.2, 0.25) is 0 Å². The van der Waals surface area contributed by atoms with Crippen LogP contribution in [0.25, 0.3) is 16.8 Å². The highest BCUT2D eigenvalue weighted by Gasteiger charge is 2.40. The summed E-state index contributed by atoms with van der Waals surface area (Å²) in [4.78, 5) is 23.0. The van der Waals surface area contributed by atoms with Crippen molar-refractivity contribution < 1.29 is 32.0 Å². The van der Waals surface area contributed by atoms with Gasteiger partial charge in [-0.05, 0) is 41.5 Å². The summed E-state index contributed by atoms with van der Waals surface area (Å²) in [5.41, 5.74) is -1.04. The molecule has 0 aliphatic heterocycles. The van der Waals surface area contributed by atoms with E-state index in [2.05, 4.69) is 10.4 Å². The number of nitrogens with one attached hydrogen (secondary N) is 1. The molecule has 0 aliphatic carbocycles. The number of benzene rings is 3. The molecule has 1 heterocycles. The number of hydrogen-bond donors (Lipinski definition) is 1. The maximum absolute atomic E-state index is 14.0. The van der Waals surface area contributed by atoms with Crippen molar-refractivity contribution in [3.05, 3.63) is 106 Å². The van der Waals surface area contributed by atoms with E-state index in [-0.39, 0.29) is 17.9 Å². The highest BCUT2D eigenvalue weighted by Crippen LogP contribution is 2.35. The molecule has 0 spiro atoms. The number of nitro groups is 1. The number of ether oxygens (including phenoxy) is 1. The first kappa shape index (κ1) is 25.4. The summed E-state index contributed by atoms with van der Waals surface area (Å²) in [6, 6.07) is 14.9. The zero-order valence-electron chi connectivity index (χ0n) is 19.1. The fourth-order valence-electron chi connectivity index (χ4n) is 3.80. The Labute approximate surface area is 207 Å². The number of nitrogens with zero attached hydrogens (tertiary/aromatic N) is 3. The average molecular weight is 514 g/mol. The Morgan fingerprint density at radius 3 is 2.43 bits per heavy atom. The summed E-state index contributed by atoms with van der Waals surface area (Å²) in [7, 11) is 1.42. The molecule has 0 aliphatic rings. The van der Waals surface area contributed by atoms with Gasteiger partial charge in [-0.3, -0.25) is 14.9 Å². The van der Waals surface area contributed by atoms with Crippen molar-refractivity contribution in [2.75, 3.05) is 7.11 Å². The van der Waals surface area contributed by atoms with E-state index in [0.717, 1.165) is 30.5 Å². The third kappa shape index (κ3) is 5.27. The number of carbonyl (C=O) groups excluding carboxylic acids is 1. The lowest BCUT2D eigenvalue weighted by Crippen LogP contribution is -2.26. The van der Waals surface area contributed by atoms with Crippen molar-refractivity contribution in [3.63, 3.8) is 0 Å². The molecule has 0 unspecified atom stereocenters. The molecule has 4 aromatic rings. The van der Waals surface area contributed by atoms with Crippen molar-refractivity contribution in [3.8, 4) is 22.6 Å². The summed E-state index contributed by atoms with van der Waals surface area (Å²) in [5, 5.41) is 17.0. The molecule has 1 aromatic heterocycles. The summed E-state index contributed by atoms with van der Waals surface area (Å²) in [6.07, 6.45) is -4.18. The maximum atomic E-state index is 14.0. The number of hydrogen-bond acceptors (Lipinski definition) is 5. The van der Waals surface area contributed by atoms with Crippen LogP contribution in [-0.2, 0) is 12.7 Å². The van der Waals surface area contributed by atoms with Crippen LogP contribution in [0.3, 0.4) is 0 Å². The van der Waals surface area contributed by atoms with E-state index in [9.17, 15) is 32.5 Å². The van der Waals surface area contributed by atoms with Crippen molar-refractivity contribution in [1.29, 1.82) is 0 Å². The lowest BCUT2D eigenvalue weighted by Gasteiger charge is -2.15.